The molecule has 2 saturated heterocycles. The molecule has 2 aliphatic rings. The highest BCUT2D eigenvalue weighted by Crippen LogP contribution is 2.45. The van der Waals surface area contributed by atoms with E-state index < -0.39 is 29.3 Å². The maximum Gasteiger partial charge on any atom is 0.417 e. The van der Waals surface area contributed by atoms with Crippen molar-refractivity contribution in [3.63, 3.8) is 0 Å². The van der Waals surface area contributed by atoms with Gasteiger partial charge in [-0.3, -0.25) is 9.59 Å². The number of amides is 2. The first-order chi connectivity index (χ1) is 16.1. The molecule has 13 heteroatoms. The van der Waals surface area contributed by atoms with Crippen molar-refractivity contribution in [3.8, 4) is 6.07 Å². The van der Waals surface area contributed by atoms with Gasteiger partial charge in [-0.1, -0.05) is 0 Å². The van der Waals surface area contributed by atoms with Gasteiger partial charge in [-0.2, -0.15) is 18.4 Å². The molecule has 1 aromatic heterocycles. The van der Waals surface area contributed by atoms with Crippen molar-refractivity contribution in [2.75, 3.05) is 24.5 Å². The first-order valence-corrected chi connectivity index (χ1v) is 10.8. The highest BCUT2D eigenvalue weighted by atomic mass is 19.4. The van der Waals surface area contributed by atoms with Gasteiger partial charge < -0.3 is 15.5 Å². The van der Waals surface area contributed by atoms with Crippen LogP contribution < -0.4 is 10.6 Å². The van der Waals surface area contributed by atoms with Crippen LogP contribution in [0.15, 0.2) is 24.5 Å². The van der Waals surface area contributed by atoms with Crippen LogP contribution in [0, 0.1) is 16.7 Å². The molecular formula is C21H23F3N8O2. The predicted molar refractivity (Wildman–Crippen MR) is 112 cm³/mol. The number of anilines is 1. The molecule has 2 aliphatic heterocycles. The zero-order chi connectivity index (χ0) is 24.5. The van der Waals surface area contributed by atoms with Crippen molar-refractivity contribution >= 4 is 17.5 Å². The zero-order valence-electron chi connectivity index (χ0n) is 18.2. The van der Waals surface area contributed by atoms with E-state index in [4.69, 9.17) is 11.0 Å². The third kappa shape index (κ3) is 4.66. The minimum atomic E-state index is -4.62. The molecule has 10 nitrogen and oxygen atoms in total. The fraction of sp³-hybridized carbons (Fsp3) is 0.524. The Morgan fingerprint density at radius 2 is 2.00 bits per heavy atom. The number of aryl methyl sites for hydroxylation is 1. The highest BCUT2D eigenvalue weighted by molar-refractivity contribution is 5.87. The number of hydrogen-bond donors (Lipinski definition) is 1. The molecule has 2 fully saturated rings. The molecule has 2 N–H and O–H groups in total. The van der Waals surface area contributed by atoms with Gasteiger partial charge in [0.2, 0.25) is 11.8 Å². The Morgan fingerprint density at radius 3 is 2.59 bits per heavy atom. The molecule has 1 spiro atoms. The number of nitriles is 1. The molecule has 1 unspecified atom stereocenters. The normalized spacial score (nSPS) is 19.9. The standard InChI is InChI=1S/C21H23F3N8O2/c22-21(23,24)16-9-15(2-1-14(16)11-25)30-7-4-20(5-8-30)10-17(19(26)34)32(12-20)18(33)3-6-31-13-27-28-29-31/h1-2,9,13,17H,3-8,10,12H2,(H2,26,34). The number of benzene rings is 1. The van der Waals surface area contributed by atoms with E-state index in [1.807, 2.05) is 4.90 Å². The average molecular weight is 476 g/mol. The van der Waals surface area contributed by atoms with Crippen molar-refractivity contribution in [1.82, 2.24) is 25.1 Å². The molecule has 3 heterocycles. The third-order valence-electron chi connectivity index (χ3n) is 6.72. The number of hydrogen-bond acceptors (Lipinski definition) is 7. The molecular weight excluding hydrogens is 453 g/mol. The summed E-state index contributed by atoms with van der Waals surface area (Å²) in [5.74, 6) is -0.794. The maximum absolute atomic E-state index is 13.4. The Morgan fingerprint density at radius 1 is 1.26 bits per heavy atom. The monoisotopic (exact) mass is 476 g/mol. The number of likely N-dealkylation sites (tertiary alicyclic amines) is 1. The second kappa shape index (κ2) is 8.92. The van der Waals surface area contributed by atoms with Crippen molar-refractivity contribution < 1.29 is 22.8 Å². The third-order valence-corrected chi connectivity index (χ3v) is 6.72. The number of alkyl halides is 3. The number of tetrazole rings is 1. The summed E-state index contributed by atoms with van der Waals surface area (Å²) >= 11 is 0. The Bertz CT molecular complexity index is 1100. The van der Waals surface area contributed by atoms with Crippen LogP contribution in [0.25, 0.3) is 0 Å². The molecule has 0 aliphatic carbocycles. The van der Waals surface area contributed by atoms with Crippen LogP contribution in [0.5, 0.6) is 0 Å². The van der Waals surface area contributed by atoms with E-state index in [2.05, 4.69) is 15.5 Å². The molecule has 4 rings (SSSR count). The number of piperidine rings is 1. The Labute approximate surface area is 193 Å². The molecule has 1 aromatic carbocycles. The molecule has 2 aromatic rings. The minimum absolute atomic E-state index is 0.114. The van der Waals surface area contributed by atoms with Crippen LogP contribution >= 0.6 is 0 Å². The lowest BCUT2D eigenvalue weighted by Gasteiger charge is -2.40. The summed E-state index contributed by atoms with van der Waals surface area (Å²) in [6, 6.07) is 4.58. The second-order valence-electron chi connectivity index (χ2n) is 8.79. The van der Waals surface area contributed by atoms with Crippen LogP contribution in [-0.4, -0.2) is 62.6 Å². The minimum Gasteiger partial charge on any atom is -0.371 e. The lowest BCUT2D eigenvalue weighted by atomic mass is 9.76. The summed E-state index contributed by atoms with van der Waals surface area (Å²) in [5.41, 5.74) is 4.28. The lowest BCUT2D eigenvalue weighted by Crippen LogP contribution is -2.44. The van der Waals surface area contributed by atoms with E-state index in [1.54, 1.807) is 6.07 Å². The largest absolute Gasteiger partial charge is 0.417 e. The molecule has 34 heavy (non-hydrogen) atoms. The van der Waals surface area contributed by atoms with Gasteiger partial charge >= 0.3 is 6.18 Å². The Balaban J connectivity index is 1.44. The van der Waals surface area contributed by atoms with Gasteiger partial charge in [0.1, 0.15) is 12.4 Å². The molecule has 1 atom stereocenters. The molecule has 0 bridgehead atoms. The first-order valence-electron chi connectivity index (χ1n) is 10.8. The van der Waals surface area contributed by atoms with Crippen LogP contribution in [0.1, 0.15) is 36.8 Å². The van der Waals surface area contributed by atoms with Gasteiger partial charge in [-0.15, -0.1) is 5.10 Å². The van der Waals surface area contributed by atoms with Crippen molar-refractivity contribution in [2.45, 2.75) is 44.4 Å². The number of primary amides is 1. The van der Waals surface area contributed by atoms with E-state index in [1.165, 1.54) is 28.0 Å². The summed E-state index contributed by atoms with van der Waals surface area (Å²) in [5, 5.41) is 19.8. The lowest BCUT2D eigenvalue weighted by molar-refractivity contribution is -0.138. The Hall–Kier alpha value is -3.69. The topological polar surface area (TPSA) is 134 Å². The van der Waals surface area contributed by atoms with E-state index in [9.17, 15) is 22.8 Å². The van der Waals surface area contributed by atoms with E-state index >= 15 is 0 Å². The van der Waals surface area contributed by atoms with E-state index in [-0.39, 0.29) is 24.3 Å². The smallest absolute Gasteiger partial charge is 0.371 e. The number of carbonyl (C=O) groups excluding carboxylic acids is 2. The number of carbonyl (C=O) groups is 2. The SMILES string of the molecule is N#Cc1ccc(N2CCC3(CC2)CC(C(N)=O)N(C(=O)CCn2cnnn2)C3)cc1C(F)(F)F. The summed E-state index contributed by atoms with van der Waals surface area (Å²) in [6.45, 7) is 1.56. The predicted octanol–water partition coefficient (Wildman–Crippen LogP) is 1.33. The maximum atomic E-state index is 13.4. The number of rotatable bonds is 5. The second-order valence-corrected chi connectivity index (χ2v) is 8.79. The van der Waals surface area contributed by atoms with Gasteiger partial charge in [0.05, 0.1) is 23.7 Å². The molecule has 180 valence electrons. The highest BCUT2D eigenvalue weighted by Gasteiger charge is 2.49. The van der Waals surface area contributed by atoms with Crippen LogP contribution in [-0.2, 0) is 22.3 Å². The quantitative estimate of drug-likeness (QED) is 0.688. The fourth-order valence-electron chi connectivity index (χ4n) is 4.87. The number of nitrogens with two attached hydrogens (primary N) is 1. The summed E-state index contributed by atoms with van der Waals surface area (Å²) < 4.78 is 41.5. The average Bonchev–Trinajstić information content (AvgIpc) is 3.45. The van der Waals surface area contributed by atoms with E-state index in [0.29, 0.717) is 44.6 Å². The summed E-state index contributed by atoms with van der Waals surface area (Å²) in [6.07, 6.45) is -1.50. The van der Waals surface area contributed by atoms with Gasteiger partial charge in [0.15, 0.2) is 0 Å². The van der Waals surface area contributed by atoms with Gasteiger partial charge in [0, 0.05) is 31.7 Å². The fourth-order valence-corrected chi connectivity index (χ4v) is 4.87. The first kappa shape index (κ1) is 23.5. The van der Waals surface area contributed by atoms with Crippen molar-refractivity contribution in [1.29, 1.82) is 5.26 Å². The van der Waals surface area contributed by atoms with Crippen molar-refractivity contribution in [2.24, 2.45) is 11.1 Å². The summed E-state index contributed by atoms with van der Waals surface area (Å²) in [7, 11) is 0. The van der Waals surface area contributed by atoms with Gasteiger partial charge in [-0.05, 0) is 53.3 Å². The van der Waals surface area contributed by atoms with Gasteiger partial charge in [-0.25, -0.2) is 4.68 Å². The van der Waals surface area contributed by atoms with E-state index in [0.717, 1.165) is 6.07 Å². The summed E-state index contributed by atoms with van der Waals surface area (Å²) in [4.78, 5) is 28.3. The number of halogens is 3. The van der Waals surface area contributed by atoms with Crippen LogP contribution in [0.3, 0.4) is 0 Å². The van der Waals surface area contributed by atoms with Gasteiger partial charge in [0.25, 0.3) is 0 Å². The zero-order valence-corrected chi connectivity index (χ0v) is 18.2. The van der Waals surface area contributed by atoms with Crippen LogP contribution in [0.4, 0.5) is 18.9 Å². The molecule has 2 amide bonds. The van der Waals surface area contributed by atoms with Crippen molar-refractivity contribution in [3.05, 3.63) is 35.7 Å². The number of nitrogens with zero attached hydrogens (tertiary/aromatic N) is 7. The molecule has 0 radical (unpaired) electrons. The Kier molecular flexibility index (Phi) is 6.16. The van der Waals surface area contributed by atoms with Crippen LogP contribution in [0.2, 0.25) is 0 Å². The number of aromatic nitrogens is 4. The molecule has 0 saturated carbocycles.